The van der Waals surface area contributed by atoms with Crippen molar-refractivity contribution in [2.24, 2.45) is 0 Å². The predicted molar refractivity (Wildman–Crippen MR) is 137 cm³/mol. The summed E-state index contributed by atoms with van der Waals surface area (Å²) in [7, 11) is 1.56. The molecule has 4 N–H and O–H groups in total. The van der Waals surface area contributed by atoms with E-state index in [1.54, 1.807) is 7.05 Å². The first-order chi connectivity index (χ1) is 16.7. The molecule has 2 aromatic heterocycles. The number of hydrogen-bond donors (Lipinski definition) is 3. The second-order valence-electron chi connectivity index (χ2n) is 8.52. The van der Waals surface area contributed by atoms with Crippen molar-refractivity contribution < 1.29 is 4.79 Å². The number of aromatic amines is 1. The van der Waals surface area contributed by atoms with Crippen molar-refractivity contribution in [3.8, 4) is 6.07 Å². The van der Waals surface area contributed by atoms with Gasteiger partial charge in [0.05, 0.1) is 12.1 Å². The largest absolute Gasteiger partial charge is 0.383 e. The Kier molecular flexibility index (Phi) is 7.81. The normalized spacial score (nSPS) is 10.7. The molecule has 35 heavy (non-hydrogen) atoms. The molecule has 0 aliphatic rings. The molecule has 0 saturated heterocycles. The molecule has 0 atom stereocenters. The molecule has 0 bridgehead atoms. The summed E-state index contributed by atoms with van der Waals surface area (Å²) in [6, 6.07) is 11.9. The van der Waals surface area contributed by atoms with E-state index in [1.807, 2.05) is 55.7 Å². The summed E-state index contributed by atoms with van der Waals surface area (Å²) in [5.74, 6) is -0.0141. The topological polar surface area (TPSA) is 142 Å². The second kappa shape index (κ2) is 10.8. The average Bonchev–Trinajstić information content (AvgIpc) is 3.03. The number of hydrogen-bond acceptors (Lipinski definition) is 6. The van der Waals surface area contributed by atoms with E-state index in [0.717, 1.165) is 23.2 Å². The number of nitriles is 1. The number of aromatic nitrogens is 3. The lowest BCUT2D eigenvalue weighted by Gasteiger charge is -2.22. The van der Waals surface area contributed by atoms with Gasteiger partial charge in [0.15, 0.2) is 0 Å². The first-order valence-corrected chi connectivity index (χ1v) is 11.5. The Labute approximate surface area is 203 Å². The molecular weight excluding hydrogens is 446 g/mol. The summed E-state index contributed by atoms with van der Waals surface area (Å²) >= 11 is 0. The molecule has 0 fully saturated rings. The highest BCUT2D eigenvalue weighted by Gasteiger charge is 2.22. The van der Waals surface area contributed by atoms with E-state index in [-0.39, 0.29) is 18.1 Å². The average molecular weight is 478 g/mol. The molecule has 0 aliphatic carbocycles. The van der Waals surface area contributed by atoms with E-state index in [0.29, 0.717) is 30.9 Å². The number of anilines is 3. The number of nitrogen functional groups attached to an aromatic ring is 1. The standard InChI is InChI=1S/C25H31N7O3/c1-5-6-12-31-22(27)21(24(34)29-25(31)35)30(4)15-20(33)28-23-19(13-26)16(2)17(3)32(23)14-18-10-8-7-9-11-18/h7-11H,5-6,12,14-15,27H2,1-4H3,(H,28,33)(H,29,34,35). The van der Waals surface area contributed by atoms with Crippen molar-refractivity contribution in [1.82, 2.24) is 14.1 Å². The number of H-pyrrole nitrogens is 1. The number of likely N-dealkylation sites (N-methyl/N-ethyl adjacent to an activating group) is 1. The SMILES string of the molecule is CCCCn1c(N)c(N(C)CC(=O)Nc2c(C#N)c(C)c(C)n2Cc2ccccc2)c(=O)[nH]c1=O. The number of unbranched alkanes of at least 4 members (excludes halogenated alkanes) is 1. The van der Waals surface area contributed by atoms with E-state index in [2.05, 4.69) is 16.4 Å². The van der Waals surface area contributed by atoms with Crippen LogP contribution < -0.4 is 27.2 Å². The first-order valence-electron chi connectivity index (χ1n) is 11.5. The van der Waals surface area contributed by atoms with Crippen LogP contribution in [0.25, 0.3) is 0 Å². The maximum atomic E-state index is 13.0. The van der Waals surface area contributed by atoms with Crippen LogP contribution >= 0.6 is 0 Å². The Bertz CT molecular complexity index is 1380. The predicted octanol–water partition coefficient (Wildman–Crippen LogP) is 2.33. The molecule has 3 rings (SSSR count). The van der Waals surface area contributed by atoms with Gasteiger partial charge in [-0.2, -0.15) is 5.26 Å². The number of nitrogens with two attached hydrogens (primary N) is 1. The van der Waals surface area contributed by atoms with Crippen LogP contribution in [0.5, 0.6) is 0 Å². The van der Waals surface area contributed by atoms with Gasteiger partial charge in [-0.05, 0) is 31.4 Å². The molecule has 3 aromatic rings. The van der Waals surface area contributed by atoms with Crippen LogP contribution in [0.2, 0.25) is 0 Å². The Morgan fingerprint density at radius 2 is 1.89 bits per heavy atom. The fourth-order valence-corrected chi connectivity index (χ4v) is 4.04. The highest BCUT2D eigenvalue weighted by Crippen LogP contribution is 2.27. The van der Waals surface area contributed by atoms with E-state index < -0.39 is 17.2 Å². The molecular formula is C25H31N7O3. The quantitative estimate of drug-likeness (QED) is 0.432. The molecule has 0 spiro atoms. The molecule has 2 heterocycles. The van der Waals surface area contributed by atoms with Crippen molar-refractivity contribution in [2.45, 2.75) is 46.7 Å². The summed E-state index contributed by atoms with van der Waals surface area (Å²) in [5, 5.41) is 12.6. The molecule has 0 radical (unpaired) electrons. The van der Waals surface area contributed by atoms with Crippen LogP contribution in [0.15, 0.2) is 39.9 Å². The smallest absolute Gasteiger partial charge is 0.330 e. The van der Waals surface area contributed by atoms with Gasteiger partial charge in [-0.1, -0.05) is 43.7 Å². The van der Waals surface area contributed by atoms with Crippen molar-refractivity contribution in [3.05, 3.63) is 73.6 Å². The summed E-state index contributed by atoms with van der Waals surface area (Å²) in [4.78, 5) is 41.4. The van der Waals surface area contributed by atoms with Gasteiger partial charge in [-0.25, -0.2) is 4.79 Å². The number of carbonyl (C=O) groups excluding carboxylic acids is 1. The molecule has 10 nitrogen and oxygen atoms in total. The van der Waals surface area contributed by atoms with Crippen molar-refractivity contribution in [3.63, 3.8) is 0 Å². The maximum absolute atomic E-state index is 13.0. The molecule has 0 unspecified atom stereocenters. The molecule has 10 heteroatoms. The lowest BCUT2D eigenvalue weighted by molar-refractivity contribution is -0.115. The minimum Gasteiger partial charge on any atom is -0.383 e. The third-order valence-corrected chi connectivity index (χ3v) is 6.09. The van der Waals surface area contributed by atoms with Crippen molar-refractivity contribution in [2.75, 3.05) is 29.5 Å². The van der Waals surface area contributed by atoms with E-state index >= 15 is 0 Å². The van der Waals surface area contributed by atoms with Crippen LogP contribution in [0.1, 0.15) is 42.1 Å². The number of nitrogens with zero attached hydrogens (tertiary/aromatic N) is 4. The molecule has 0 aliphatic heterocycles. The van der Waals surface area contributed by atoms with Crippen LogP contribution in [0.4, 0.5) is 17.3 Å². The first kappa shape index (κ1) is 25.4. The van der Waals surface area contributed by atoms with E-state index in [9.17, 15) is 19.6 Å². The van der Waals surface area contributed by atoms with Gasteiger partial charge in [0.1, 0.15) is 23.4 Å². The number of rotatable bonds is 9. The van der Waals surface area contributed by atoms with Crippen molar-refractivity contribution in [1.29, 1.82) is 5.26 Å². The zero-order valence-corrected chi connectivity index (χ0v) is 20.5. The molecule has 1 aromatic carbocycles. The minimum absolute atomic E-state index is 0.0133. The monoisotopic (exact) mass is 477 g/mol. The number of nitrogens with one attached hydrogen (secondary N) is 2. The fourth-order valence-electron chi connectivity index (χ4n) is 4.04. The Hall–Kier alpha value is -4.26. The number of benzene rings is 1. The third kappa shape index (κ3) is 5.30. The lowest BCUT2D eigenvalue weighted by atomic mass is 10.2. The highest BCUT2D eigenvalue weighted by atomic mass is 16.2. The third-order valence-electron chi connectivity index (χ3n) is 6.09. The summed E-state index contributed by atoms with van der Waals surface area (Å²) in [5.41, 5.74) is 8.04. The second-order valence-corrected chi connectivity index (χ2v) is 8.52. The van der Waals surface area contributed by atoms with Gasteiger partial charge in [0.2, 0.25) is 5.91 Å². The van der Waals surface area contributed by atoms with Gasteiger partial charge in [0.25, 0.3) is 5.56 Å². The lowest BCUT2D eigenvalue weighted by Crippen LogP contribution is -2.40. The van der Waals surface area contributed by atoms with Gasteiger partial charge in [0, 0.05) is 25.8 Å². The van der Waals surface area contributed by atoms with Crippen LogP contribution in [0, 0.1) is 25.2 Å². The Morgan fingerprint density at radius 3 is 2.51 bits per heavy atom. The highest BCUT2D eigenvalue weighted by molar-refractivity contribution is 5.95. The molecule has 0 saturated carbocycles. The zero-order valence-electron chi connectivity index (χ0n) is 20.5. The zero-order chi connectivity index (χ0) is 25.7. The Balaban J connectivity index is 1.89. The van der Waals surface area contributed by atoms with Gasteiger partial charge >= 0.3 is 5.69 Å². The maximum Gasteiger partial charge on any atom is 0.330 e. The van der Waals surface area contributed by atoms with Crippen molar-refractivity contribution >= 4 is 23.2 Å². The van der Waals surface area contributed by atoms with Crippen LogP contribution in [-0.4, -0.2) is 33.6 Å². The minimum atomic E-state index is -0.660. The molecule has 184 valence electrons. The number of carbonyl (C=O) groups is 1. The van der Waals surface area contributed by atoms with Gasteiger partial charge < -0.3 is 20.5 Å². The van der Waals surface area contributed by atoms with Crippen LogP contribution in [0.3, 0.4) is 0 Å². The van der Waals surface area contributed by atoms with Gasteiger partial charge in [-0.3, -0.25) is 19.1 Å². The Morgan fingerprint density at radius 1 is 1.20 bits per heavy atom. The summed E-state index contributed by atoms with van der Waals surface area (Å²) in [6.07, 6.45) is 1.56. The summed E-state index contributed by atoms with van der Waals surface area (Å²) in [6.45, 7) is 6.37. The van der Waals surface area contributed by atoms with Gasteiger partial charge in [-0.15, -0.1) is 0 Å². The van der Waals surface area contributed by atoms with E-state index in [4.69, 9.17) is 5.73 Å². The van der Waals surface area contributed by atoms with Crippen LogP contribution in [-0.2, 0) is 17.9 Å². The fraction of sp³-hybridized carbons (Fsp3) is 0.360. The molecule has 1 amide bonds. The number of amides is 1. The van der Waals surface area contributed by atoms with E-state index in [1.165, 1.54) is 9.47 Å². The summed E-state index contributed by atoms with van der Waals surface area (Å²) < 4.78 is 3.20.